The predicted molar refractivity (Wildman–Crippen MR) is 85.1 cm³/mol. The Balaban J connectivity index is 2.25. The maximum Gasteiger partial charge on any atom is 0.140 e. The molecule has 106 valence electrons. The highest BCUT2D eigenvalue weighted by atomic mass is 35.5. The molecule has 0 aliphatic heterocycles. The van der Waals surface area contributed by atoms with Crippen molar-refractivity contribution in [2.24, 2.45) is 5.84 Å². The molecule has 0 fully saturated rings. The number of nitrogens with one attached hydrogen (secondary N) is 1. The van der Waals surface area contributed by atoms with Gasteiger partial charge in [0.25, 0.3) is 0 Å². The molecule has 4 nitrogen and oxygen atoms in total. The first kappa shape index (κ1) is 14.6. The number of hydrogen-bond donors (Lipinski definition) is 2. The first-order valence-electron chi connectivity index (χ1n) is 6.41. The van der Waals surface area contributed by atoms with Gasteiger partial charge in [-0.05, 0) is 37.6 Å². The summed E-state index contributed by atoms with van der Waals surface area (Å²) in [6.45, 7) is 4.82. The molecule has 0 radical (unpaired) electrons. The summed E-state index contributed by atoms with van der Waals surface area (Å²) in [5.41, 5.74) is 6.99. The molecule has 0 saturated carbocycles. The van der Waals surface area contributed by atoms with Crippen molar-refractivity contribution in [3.05, 3.63) is 52.2 Å². The highest BCUT2D eigenvalue weighted by molar-refractivity contribution is 6.31. The molecule has 0 atom stereocenters. The molecule has 5 heteroatoms. The largest absolute Gasteiger partial charge is 0.368 e. The van der Waals surface area contributed by atoms with E-state index >= 15 is 0 Å². The molecule has 0 unspecified atom stereocenters. The van der Waals surface area contributed by atoms with E-state index in [9.17, 15) is 0 Å². The fourth-order valence-corrected chi connectivity index (χ4v) is 2.38. The van der Waals surface area contributed by atoms with Gasteiger partial charge in [-0.1, -0.05) is 29.3 Å². The Hall–Kier alpha value is -1.78. The van der Waals surface area contributed by atoms with E-state index in [1.807, 2.05) is 7.05 Å². The molecule has 0 aliphatic rings. The number of hydrogen-bond acceptors (Lipinski definition) is 4. The maximum absolute atomic E-state index is 6.19. The Bertz CT molecular complexity index is 613. The lowest BCUT2D eigenvalue weighted by atomic mass is 10.1. The third-order valence-electron chi connectivity index (χ3n) is 3.22. The van der Waals surface area contributed by atoms with Crippen molar-refractivity contribution >= 4 is 23.1 Å². The zero-order valence-electron chi connectivity index (χ0n) is 11.9. The Morgan fingerprint density at radius 3 is 2.65 bits per heavy atom. The Labute approximate surface area is 124 Å². The smallest absolute Gasteiger partial charge is 0.140 e. The van der Waals surface area contributed by atoms with Crippen LogP contribution in [0.3, 0.4) is 0 Å². The number of halogens is 1. The van der Waals surface area contributed by atoms with Gasteiger partial charge >= 0.3 is 0 Å². The summed E-state index contributed by atoms with van der Waals surface area (Å²) in [5.74, 6) is 5.99. The molecule has 2 rings (SSSR count). The second-order valence-electron chi connectivity index (χ2n) is 4.92. The molecule has 1 aromatic carbocycles. The third kappa shape index (κ3) is 3.21. The number of aromatic nitrogens is 1. The number of pyridine rings is 1. The lowest BCUT2D eigenvalue weighted by Crippen LogP contribution is -2.19. The molecule has 2 aromatic rings. The average molecular weight is 291 g/mol. The van der Waals surface area contributed by atoms with Crippen molar-refractivity contribution in [2.45, 2.75) is 20.4 Å². The number of hydrazine groups is 1. The van der Waals surface area contributed by atoms with Gasteiger partial charge in [-0.3, -0.25) is 0 Å². The molecule has 1 heterocycles. The number of anilines is 2. The normalized spacial score (nSPS) is 10.4. The quantitative estimate of drug-likeness (QED) is 0.670. The summed E-state index contributed by atoms with van der Waals surface area (Å²) < 4.78 is 0. The van der Waals surface area contributed by atoms with Crippen molar-refractivity contribution in [3.63, 3.8) is 0 Å². The van der Waals surface area contributed by atoms with Gasteiger partial charge in [0.15, 0.2) is 0 Å². The van der Waals surface area contributed by atoms with Gasteiger partial charge in [0.05, 0.1) is 17.3 Å². The van der Waals surface area contributed by atoms with Gasteiger partial charge in [-0.15, -0.1) is 0 Å². The molecule has 0 saturated heterocycles. The number of rotatable bonds is 4. The number of nitrogens with two attached hydrogens (primary N) is 1. The summed E-state index contributed by atoms with van der Waals surface area (Å²) in [6.07, 6.45) is 0. The Morgan fingerprint density at radius 1 is 1.25 bits per heavy atom. The van der Waals surface area contributed by atoms with Crippen LogP contribution in [0.1, 0.15) is 16.8 Å². The minimum Gasteiger partial charge on any atom is -0.368 e. The molecule has 0 spiro atoms. The van der Waals surface area contributed by atoms with Crippen LogP contribution in [0.2, 0.25) is 5.02 Å². The highest BCUT2D eigenvalue weighted by Gasteiger charge is 2.10. The van der Waals surface area contributed by atoms with Crippen LogP contribution in [0.5, 0.6) is 0 Å². The third-order valence-corrected chi connectivity index (χ3v) is 3.56. The molecule has 0 aliphatic carbocycles. The highest BCUT2D eigenvalue weighted by Crippen LogP contribution is 2.24. The Morgan fingerprint density at radius 2 is 2.00 bits per heavy atom. The minimum absolute atomic E-state index is 0.610. The van der Waals surface area contributed by atoms with Crippen LogP contribution in [0.15, 0.2) is 30.3 Å². The molecule has 0 bridgehead atoms. The van der Waals surface area contributed by atoms with E-state index in [1.165, 1.54) is 16.8 Å². The van der Waals surface area contributed by atoms with E-state index < -0.39 is 0 Å². The first-order valence-corrected chi connectivity index (χ1v) is 6.79. The summed E-state index contributed by atoms with van der Waals surface area (Å²) in [7, 11) is 2.03. The van der Waals surface area contributed by atoms with Crippen LogP contribution in [0.25, 0.3) is 0 Å². The van der Waals surface area contributed by atoms with Crippen LogP contribution in [0.4, 0.5) is 11.5 Å². The molecule has 3 N–H and O–H groups in total. The van der Waals surface area contributed by atoms with Gasteiger partial charge in [-0.25, -0.2) is 10.8 Å². The van der Waals surface area contributed by atoms with Crippen molar-refractivity contribution in [1.29, 1.82) is 0 Å². The lowest BCUT2D eigenvalue weighted by molar-refractivity contribution is 0.881. The van der Waals surface area contributed by atoms with Crippen LogP contribution < -0.4 is 16.2 Å². The summed E-state index contributed by atoms with van der Waals surface area (Å²) in [6, 6.07) is 9.94. The van der Waals surface area contributed by atoms with E-state index in [0.29, 0.717) is 17.4 Å². The van der Waals surface area contributed by atoms with Crippen LogP contribution in [-0.2, 0) is 6.54 Å². The monoisotopic (exact) mass is 290 g/mol. The predicted octanol–water partition coefficient (Wildman–Crippen LogP) is 3.27. The fourth-order valence-electron chi connectivity index (χ4n) is 2.22. The zero-order chi connectivity index (χ0) is 14.7. The van der Waals surface area contributed by atoms with Gasteiger partial charge in [0.1, 0.15) is 5.82 Å². The maximum atomic E-state index is 6.19. The van der Waals surface area contributed by atoms with Gasteiger partial charge in [0, 0.05) is 12.7 Å². The summed E-state index contributed by atoms with van der Waals surface area (Å²) in [5, 5.41) is 0.639. The van der Waals surface area contributed by atoms with Crippen LogP contribution >= 0.6 is 11.6 Å². The van der Waals surface area contributed by atoms with E-state index in [0.717, 1.165) is 5.69 Å². The van der Waals surface area contributed by atoms with Gasteiger partial charge in [-0.2, -0.15) is 0 Å². The minimum atomic E-state index is 0.610. The number of nitrogen functional groups attached to an aromatic ring is 1. The lowest BCUT2D eigenvalue weighted by Gasteiger charge is -2.22. The van der Waals surface area contributed by atoms with Crippen LogP contribution in [-0.4, -0.2) is 12.0 Å². The van der Waals surface area contributed by atoms with Gasteiger partial charge in [0.2, 0.25) is 0 Å². The van der Waals surface area contributed by atoms with E-state index in [-0.39, 0.29) is 0 Å². The Kier molecular flexibility index (Phi) is 4.47. The summed E-state index contributed by atoms with van der Waals surface area (Å²) in [4.78, 5) is 6.52. The molecule has 1 aromatic heterocycles. The number of nitrogens with zero attached hydrogens (tertiary/aromatic N) is 2. The van der Waals surface area contributed by atoms with E-state index in [4.69, 9.17) is 17.4 Å². The molecular formula is C15H19ClN4. The standard InChI is InChI=1S/C15H19ClN4/c1-10-4-6-14(11(2)8-10)20(3)9-13-12(16)5-7-15(18-13)19-17/h4-8H,9,17H2,1-3H3,(H,18,19). The van der Waals surface area contributed by atoms with Crippen molar-refractivity contribution in [1.82, 2.24) is 4.98 Å². The summed E-state index contributed by atoms with van der Waals surface area (Å²) >= 11 is 6.19. The second-order valence-corrected chi connectivity index (χ2v) is 5.32. The fraction of sp³-hybridized carbons (Fsp3) is 0.267. The number of aryl methyl sites for hydroxylation is 2. The molecular weight excluding hydrogens is 272 g/mol. The van der Waals surface area contributed by atoms with Gasteiger partial charge < -0.3 is 10.3 Å². The molecule has 0 amide bonds. The average Bonchev–Trinajstić information content (AvgIpc) is 2.41. The second kappa shape index (κ2) is 6.11. The van der Waals surface area contributed by atoms with Crippen LogP contribution in [0, 0.1) is 13.8 Å². The van der Waals surface area contributed by atoms with Crippen molar-refractivity contribution < 1.29 is 0 Å². The number of benzene rings is 1. The zero-order valence-corrected chi connectivity index (χ0v) is 12.7. The van der Waals surface area contributed by atoms with Crippen molar-refractivity contribution in [2.75, 3.05) is 17.4 Å². The van der Waals surface area contributed by atoms with E-state index in [2.05, 4.69) is 47.4 Å². The topological polar surface area (TPSA) is 54.2 Å². The molecule has 20 heavy (non-hydrogen) atoms. The SMILES string of the molecule is Cc1ccc(N(C)Cc2nc(NN)ccc2Cl)c(C)c1. The first-order chi connectivity index (χ1) is 9.51. The van der Waals surface area contributed by atoms with E-state index in [1.54, 1.807) is 12.1 Å². The van der Waals surface area contributed by atoms with Crippen molar-refractivity contribution in [3.8, 4) is 0 Å².